The van der Waals surface area contributed by atoms with Crippen molar-refractivity contribution in [1.29, 1.82) is 0 Å². The number of carboxylic acids is 2. The van der Waals surface area contributed by atoms with E-state index in [-0.39, 0.29) is 6.42 Å². The second-order valence-corrected chi connectivity index (χ2v) is 1.63. The van der Waals surface area contributed by atoms with Gasteiger partial charge in [-0.3, -0.25) is 0 Å². The van der Waals surface area contributed by atoms with Crippen molar-refractivity contribution in [3.05, 3.63) is 24.3 Å². The molecule has 2 N–H and O–H groups in total. The van der Waals surface area contributed by atoms with E-state index in [1.54, 1.807) is 0 Å². The zero-order valence-electron chi connectivity index (χ0n) is 5.65. The number of allylic oxidation sites excluding steroid dienone is 2. The number of hydrogen-bond donors (Lipinski definition) is 2. The van der Waals surface area contributed by atoms with Crippen LogP contribution in [0.2, 0.25) is 0 Å². The Morgan fingerprint density at radius 2 is 1.91 bits per heavy atom. The number of rotatable bonds is 4. The van der Waals surface area contributed by atoms with Gasteiger partial charge >= 0.3 is 11.9 Å². The van der Waals surface area contributed by atoms with Gasteiger partial charge in [0.05, 0.1) is 0 Å². The molecule has 0 saturated heterocycles. The molecule has 0 aromatic carbocycles. The molecular formula is C7H7O4. The van der Waals surface area contributed by atoms with Crippen molar-refractivity contribution >= 4 is 11.9 Å². The van der Waals surface area contributed by atoms with Gasteiger partial charge in [-0.05, 0) is 12.5 Å². The monoisotopic (exact) mass is 155 g/mol. The Kier molecular flexibility index (Phi) is 4.47. The van der Waals surface area contributed by atoms with Crippen LogP contribution in [0.15, 0.2) is 18.2 Å². The van der Waals surface area contributed by atoms with Crippen molar-refractivity contribution in [2.45, 2.75) is 6.42 Å². The summed E-state index contributed by atoms with van der Waals surface area (Å²) < 4.78 is 0. The predicted molar refractivity (Wildman–Crippen MR) is 36.8 cm³/mol. The Morgan fingerprint density at radius 3 is 2.36 bits per heavy atom. The Balaban J connectivity index is 3.57. The molecule has 0 rings (SSSR count). The fourth-order valence-electron chi connectivity index (χ4n) is 0.374. The molecule has 0 saturated carbocycles. The van der Waals surface area contributed by atoms with Crippen LogP contribution < -0.4 is 0 Å². The van der Waals surface area contributed by atoms with Gasteiger partial charge in [0.1, 0.15) is 0 Å². The molecule has 0 unspecified atom stereocenters. The quantitative estimate of drug-likeness (QED) is 0.578. The van der Waals surface area contributed by atoms with Gasteiger partial charge in [-0.2, -0.15) is 0 Å². The summed E-state index contributed by atoms with van der Waals surface area (Å²) in [5.41, 5.74) is 0. The highest BCUT2D eigenvalue weighted by Gasteiger charge is 1.84. The minimum atomic E-state index is -1.09. The van der Waals surface area contributed by atoms with Crippen LogP contribution in [-0.4, -0.2) is 22.2 Å². The van der Waals surface area contributed by atoms with Gasteiger partial charge in [0.15, 0.2) is 0 Å². The van der Waals surface area contributed by atoms with Crippen LogP contribution in [-0.2, 0) is 9.59 Å². The standard InChI is InChI=1S/C7H7O4/c8-6(9)4-2-1-3-5-7(10)11/h2,4-5H,1H2,(H,8,9)(H,10,11). The largest absolute Gasteiger partial charge is 0.478 e. The highest BCUT2D eigenvalue weighted by Crippen LogP contribution is 1.84. The molecule has 0 bridgehead atoms. The van der Waals surface area contributed by atoms with E-state index < -0.39 is 11.9 Å². The van der Waals surface area contributed by atoms with Crippen LogP contribution in [0.5, 0.6) is 0 Å². The molecule has 11 heavy (non-hydrogen) atoms. The minimum Gasteiger partial charge on any atom is -0.478 e. The average Bonchev–Trinajstić information content (AvgIpc) is 1.85. The molecule has 0 fully saturated rings. The molecule has 0 atom stereocenters. The van der Waals surface area contributed by atoms with Gasteiger partial charge in [-0.15, -0.1) is 0 Å². The van der Waals surface area contributed by atoms with Crippen molar-refractivity contribution in [2.24, 2.45) is 0 Å². The molecule has 0 heterocycles. The summed E-state index contributed by atoms with van der Waals surface area (Å²) >= 11 is 0. The SMILES string of the molecule is O=C(O)C=CC/[C]=C/C(=O)O. The average molecular weight is 155 g/mol. The van der Waals surface area contributed by atoms with Gasteiger partial charge in [-0.25, -0.2) is 9.59 Å². The number of carbonyl (C=O) groups is 2. The van der Waals surface area contributed by atoms with E-state index in [1.807, 2.05) is 0 Å². The maximum atomic E-state index is 9.86. The third kappa shape index (κ3) is 8.42. The molecule has 0 aromatic rings. The van der Waals surface area contributed by atoms with E-state index in [0.29, 0.717) is 0 Å². The number of aliphatic carboxylic acids is 2. The van der Waals surface area contributed by atoms with Gasteiger partial charge in [0, 0.05) is 12.2 Å². The summed E-state index contributed by atoms with van der Waals surface area (Å²) in [5, 5.41) is 16.1. The van der Waals surface area contributed by atoms with Crippen LogP contribution in [0, 0.1) is 6.08 Å². The summed E-state index contributed by atoms with van der Waals surface area (Å²) in [7, 11) is 0. The molecule has 0 spiro atoms. The van der Waals surface area contributed by atoms with E-state index in [9.17, 15) is 9.59 Å². The van der Waals surface area contributed by atoms with Crippen LogP contribution in [0.3, 0.4) is 0 Å². The lowest BCUT2D eigenvalue weighted by Gasteiger charge is -1.78. The van der Waals surface area contributed by atoms with Crippen LogP contribution in [0.4, 0.5) is 0 Å². The highest BCUT2D eigenvalue weighted by molar-refractivity contribution is 5.80. The van der Waals surface area contributed by atoms with E-state index in [2.05, 4.69) is 6.08 Å². The van der Waals surface area contributed by atoms with Crippen molar-refractivity contribution in [2.75, 3.05) is 0 Å². The Labute approximate surface area is 63.5 Å². The zero-order valence-corrected chi connectivity index (χ0v) is 5.65. The third-order valence-electron chi connectivity index (χ3n) is 0.722. The Bertz CT molecular complexity index is 180. The normalized spacial score (nSPS) is 10.9. The first kappa shape index (κ1) is 9.42. The number of hydrogen-bond acceptors (Lipinski definition) is 2. The summed E-state index contributed by atoms with van der Waals surface area (Å²) in [4.78, 5) is 19.7. The molecule has 0 aromatic heterocycles. The molecule has 0 aliphatic carbocycles. The molecule has 0 aliphatic rings. The maximum absolute atomic E-state index is 9.86. The van der Waals surface area contributed by atoms with E-state index in [0.717, 1.165) is 12.2 Å². The summed E-state index contributed by atoms with van der Waals surface area (Å²) in [5.74, 6) is -2.14. The molecular weight excluding hydrogens is 148 g/mol. The van der Waals surface area contributed by atoms with Crippen LogP contribution in [0.25, 0.3) is 0 Å². The molecule has 0 aliphatic heterocycles. The maximum Gasteiger partial charge on any atom is 0.328 e. The highest BCUT2D eigenvalue weighted by atomic mass is 16.4. The lowest BCUT2D eigenvalue weighted by Crippen LogP contribution is -1.86. The first-order chi connectivity index (χ1) is 5.13. The lowest BCUT2D eigenvalue weighted by molar-refractivity contribution is -0.132. The topological polar surface area (TPSA) is 74.6 Å². The zero-order chi connectivity index (χ0) is 8.69. The van der Waals surface area contributed by atoms with Crippen LogP contribution >= 0.6 is 0 Å². The van der Waals surface area contributed by atoms with Gasteiger partial charge < -0.3 is 10.2 Å². The Hall–Kier alpha value is -1.58. The smallest absolute Gasteiger partial charge is 0.328 e. The molecule has 0 amide bonds. The first-order valence-electron chi connectivity index (χ1n) is 2.82. The lowest BCUT2D eigenvalue weighted by atomic mass is 10.3. The van der Waals surface area contributed by atoms with Crippen molar-refractivity contribution in [1.82, 2.24) is 0 Å². The summed E-state index contributed by atoms with van der Waals surface area (Å²) in [6.07, 6.45) is 5.64. The predicted octanol–water partition coefficient (Wildman–Crippen LogP) is 0.461. The minimum absolute atomic E-state index is 0.193. The van der Waals surface area contributed by atoms with E-state index >= 15 is 0 Å². The fraction of sp³-hybridized carbons (Fsp3) is 0.143. The first-order valence-corrected chi connectivity index (χ1v) is 2.82. The van der Waals surface area contributed by atoms with Gasteiger partial charge in [0.2, 0.25) is 0 Å². The second-order valence-electron chi connectivity index (χ2n) is 1.63. The van der Waals surface area contributed by atoms with E-state index in [1.165, 1.54) is 6.08 Å². The summed E-state index contributed by atoms with van der Waals surface area (Å²) in [6, 6.07) is 0. The van der Waals surface area contributed by atoms with Crippen molar-refractivity contribution in [3.8, 4) is 0 Å². The molecule has 1 radical (unpaired) electrons. The fourth-order valence-corrected chi connectivity index (χ4v) is 0.374. The third-order valence-corrected chi connectivity index (χ3v) is 0.722. The summed E-state index contributed by atoms with van der Waals surface area (Å²) in [6.45, 7) is 0. The Morgan fingerprint density at radius 1 is 1.27 bits per heavy atom. The molecule has 59 valence electrons. The van der Waals surface area contributed by atoms with Crippen molar-refractivity contribution in [3.63, 3.8) is 0 Å². The van der Waals surface area contributed by atoms with Crippen LogP contribution in [0.1, 0.15) is 6.42 Å². The second kappa shape index (κ2) is 5.22. The van der Waals surface area contributed by atoms with Gasteiger partial charge in [-0.1, -0.05) is 6.08 Å². The van der Waals surface area contributed by atoms with Gasteiger partial charge in [0.25, 0.3) is 0 Å². The van der Waals surface area contributed by atoms with Crippen molar-refractivity contribution < 1.29 is 19.8 Å². The molecule has 4 nitrogen and oxygen atoms in total. The van der Waals surface area contributed by atoms with E-state index in [4.69, 9.17) is 10.2 Å². The molecule has 4 heteroatoms. The number of carboxylic acid groups (broad SMARTS) is 2.